The molecule has 0 radical (unpaired) electrons. The minimum absolute atomic E-state index is 0.0111. The highest BCUT2D eigenvalue weighted by Crippen LogP contribution is 2.56. The van der Waals surface area contributed by atoms with Gasteiger partial charge in [-0.15, -0.1) is 0 Å². The van der Waals surface area contributed by atoms with E-state index in [-0.39, 0.29) is 33.2 Å². The molecule has 0 aromatic heterocycles. The zero-order valence-electron chi connectivity index (χ0n) is 22.8. The first-order valence-corrected chi connectivity index (χ1v) is 13.9. The second-order valence-electron chi connectivity index (χ2n) is 12.6. The van der Waals surface area contributed by atoms with E-state index >= 15 is 0 Å². The Balaban J connectivity index is 1.84. The van der Waals surface area contributed by atoms with Crippen LogP contribution in [0.5, 0.6) is 5.75 Å². The minimum Gasteiger partial charge on any atom is -0.425 e. The van der Waals surface area contributed by atoms with Crippen molar-refractivity contribution in [2.45, 2.75) is 83.0 Å². The topological polar surface area (TPSA) is 87.7 Å². The van der Waals surface area contributed by atoms with E-state index in [1.54, 1.807) is 19.1 Å². The van der Waals surface area contributed by atoms with Gasteiger partial charge in [-0.1, -0.05) is 63.0 Å². The normalized spacial score (nSPS) is 33.3. The van der Waals surface area contributed by atoms with E-state index in [4.69, 9.17) is 27.9 Å². The van der Waals surface area contributed by atoms with E-state index < -0.39 is 53.4 Å². The van der Waals surface area contributed by atoms with Crippen LogP contribution in [0.4, 0.5) is 8.78 Å². The summed E-state index contributed by atoms with van der Waals surface area (Å²) >= 11 is 11.9. The van der Waals surface area contributed by atoms with Crippen molar-refractivity contribution in [1.82, 2.24) is 10.6 Å². The molecule has 1 spiro atoms. The van der Waals surface area contributed by atoms with Gasteiger partial charge in [-0.25, -0.2) is 8.78 Å². The number of hydrogen-bond acceptors (Lipinski definition) is 5. The molecule has 2 aliphatic heterocycles. The minimum atomic E-state index is -1.40. The molecule has 1 unspecified atom stereocenters. The Labute approximate surface area is 238 Å². The second-order valence-corrected chi connectivity index (χ2v) is 13.5. The molecule has 2 fully saturated rings. The van der Waals surface area contributed by atoms with Gasteiger partial charge in [0.05, 0.1) is 16.7 Å². The van der Waals surface area contributed by atoms with Crippen LogP contribution in [-0.2, 0) is 15.0 Å². The molecule has 1 saturated carbocycles. The third-order valence-corrected chi connectivity index (χ3v) is 8.54. The molecule has 3 N–H and O–H groups in total. The number of ether oxygens (including phenoxy) is 1. The molecule has 1 aliphatic carbocycles. The van der Waals surface area contributed by atoms with Crippen molar-refractivity contribution in [1.29, 1.82) is 0 Å². The number of rotatable bonds is 7. The number of allylic oxidation sites excluding steroid dienone is 4. The Morgan fingerprint density at radius 3 is 2.62 bits per heavy atom. The van der Waals surface area contributed by atoms with Crippen molar-refractivity contribution in [3.8, 4) is 5.75 Å². The summed E-state index contributed by atoms with van der Waals surface area (Å²) in [6.45, 7) is 8.83. The summed E-state index contributed by atoms with van der Waals surface area (Å²) in [5, 5.41) is 16.5. The van der Waals surface area contributed by atoms with E-state index in [0.717, 1.165) is 0 Å². The van der Waals surface area contributed by atoms with E-state index in [9.17, 15) is 23.5 Å². The number of amides is 1. The second kappa shape index (κ2) is 10.8. The molecule has 6 nitrogen and oxygen atoms in total. The number of hydrogen-bond donors (Lipinski definition) is 3. The van der Waals surface area contributed by atoms with Crippen LogP contribution in [0.15, 0.2) is 35.4 Å². The van der Waals surface area contributed by atoms with Crippen LogP contribution in [0.25, 0.3) is 0 Å². The third kappa shape index (κ3) is 5.76. The SMILES string of the molecule is CC(/C=C\C=C(\Cl)CF)[C@H]1[C@H](C(=O)N[C@H]2C[C@@](C)(O)C2)N[C@H](CC(C)(C)C)[C@]12C(=O)Oc1cc(Cl)c(F)cc12. The molecular weight excluding hydrogens is 549 g/mol. The first kappa shape index (κ1) is 30.0. The molecule has 5 atom stereocenters. The number of carbonyl (C=O) groups is 2. The summed E-state index contributed by atoms with van der Waals surface area (Å²) in [4.78, 5) is 27.7. The van der Waals surface area contributed by atoms with Crippen LogP contribution in [-0.4, -0.2) is 47.4 Å². The van der Waals surface area contributed by atoms with Gasteiger partial charge in [0.2, 0.25) is 5.91 Å². The van der Waals surface area contributed by atoms with E-state index in [2.05, 4.69) is 10.6 Å². The van der Waals surface area contributed by atoms with Gasteiger partial charge in [0.15, 0.2) is 0 Å². The van der Waals surface area contributed by atoms with Crippen molar-refractivity contribution in [2.24, 2.45) is 17.3 Å². The number of benzene rings is 1. The maximum absolute atomic E-state index is 14.9. The van der Waals surface area contributed by atoms with Crippen molar-refractivity contribution in [3.63, 3.8) is 0 Å². The first-order chi connectivity index (χ1) is 18.1. The summed E-state index contributed by atoms with van der Waals surface area (Å²) < 4.78 is 33.6. The average molecular weight is 586 g/mol. The fourth-order valence-electron chi connectivity index (χ4n) is 6.51. The Morgan fingerprint density at radius 2 is 2.03 bits per heavy atom. The van der Waals surface area contributed by atoms with E-state index in [0.29, 0.717) is 24.8 Å². The summed E-state index contributed by atoms with van der Waals surface area (Å²) in [5.41, 5.74) is -2.16. The molecule has 10 heteroatoms. The highest BCUT2D eigenvalue weighted by molar-refractivity contribution is 6.31. The molecule has 1 saturated heterocycles. The van der Waals surface area contributed by atoms with Crippen molar-refractivity contribution < 1.29 is 28.2 Å². The standard InChI is InChI=1S/C29H36Cl2F2N2O4/c1-15(7-6-8-16(30)14-32)23-24(25(36)34-17-11-28(5,38)12-17)35-22(13-27(2,3)4)29(23)18-9-20(33)19(31)10-21(18)39-26(29)37/h6-10,15,17,22-24,35,38H,11-14H2,1-5H3,(H,34,36)/b7-6-,16-8+/t15?,17-,22-,23+,24-,28+,29+/m1/s1. The average Bonchev–Trinajstić information content (AvgIpc) is 3.27. The van der Waals surface area contributed by atoms with Gasteiger partial charge in [-0.05, 0) is 49.7 Å². The van der Waals surface area contributed by atoms with Gasteiger partial charge in [0, 0.05) is 34.7 Å². The predicted molar refractivity (Wildman–Crippen MR) is 147 cm³/mol. The van der Waals surface area contributed by atoms with Crippen LogP contribution in [0, 0.1) is 23.1 Å². The third-order valence-electron chi connectivity index (χ3n) is 8.03. The van der Waals surface area contributed by atoms with Gasteiger partial charge in [0.1, 0.15) is 23.7 Å². The van der Waals surface area contributed by atoms with Gasteiger partial charge in [-0.2, -0.15) is 0 Å². The lowest BCUT2D eigenvalue weighted by Gasteiger charge is -2.42. The lowest BCUT2D eigenvalue weighted by Crippen LogP contribution is -2.58. The van der Waals surface area contributed by atoms with Gasteiger partial charge in [-0.3, -0.25) is 9.59 Å². The van der Waals surface area contributed by atoms with Crippen molar-refractivity contribution >= 4 is 35.1 Å². The Hall–Kier alpha value is -2.00. The molecule has 1 aromatic rings. The van der Waals surface area contributed by atoms with E-state index in [1.807, 2.05) is 27.7 Å². The molecule has 2 heterocycles. The molecule has 214 valence electrons. The van der Waals surface area contributed by atoms with E-state index in [1.165, 1.54) is 18.2 Å². The number of carbonyl (C=O) groups excluding carboxylic acids is 2. The molecule has 4 rings (SSSR count). The highest BCUT2D eigenvalue weighted by atomic mass is 35.5. The number of esters is 1. The molecule has 39 heavy (non-hydrogen) atoms. The molecule has 1 amide bonds. The molecular formula is C29H36Cl2F2N2O4. The van der Waals surface area contributed by atoms with Crippen LogP contribution in [0.2, 0.25) is 5.02 Å². The largest absolute Gasteiger partial charge is 0.425 e. The van der Waals surface area contributed by atoms with Gasteiger partial charge in [0.25, 0.3) is 0 Å². The van der Waals surface area contributed by atoms with Crippen molar-refractivity contribution in [2.75, 3.05) is 6.67 Å². The number of alkyl halides is 1. The maximum Gasteiger partial charge on any atom is 0.324 e. The van der Waals surface area contributed by atoms with Crippen molar-refractivity contribution in [3.05, 3.63) is 51.8 Å². The Kier molecular flexibility index (Phi) is 8.27. The summed E-state index contributed by atoms with van der Waals surface area (Å²) in [5.74, 6) is -2.54. The molecule has 0 bridgehead atoms. The lowest BCUT2D eigenvalue weighted by atomic mass is 9.61. The quantitative estimate of drug-likeness (QED) is 0.229. The van der Waals surface area contributed by atoms with Crippen LogP contribution >= 0.6 is 23.2 Å². The fraction of sp³-hybridized carbons (Fsp3) is 0.586. The fourth-order valence-corrected chi connectivity index (χ4v) is 6.73. The number of nitrogens with one attached hydrogen (secondary N) is 2. The first-order valence-electron chi connectivity index (χ1n) is 13.2. The monoisotopic (exact) mass is 584 g/mol. The van der Waals surface area contributed by atoms with Gasteiger partial charge < -0.3 is 20.5 Å². The number of halogens is 4. The zero-order valence-corrected chi connectivity index (χ0v) is 24.3. The maximum atomic E-state index is 14.9. The highest BCUT2D eigenvalue weighted by Gasteiger charge is 2.68. The van der Waals surface area contributed by atoms with Crippen LogP contribution in [0.1, 0.15) is 59.4 Å². The smallest absolute Gasteiger partial charge is 0.324 e. The van der Waals surface area contributed by atoms with Crippen LogP contribution in [0.3, 0.4) is 0 Å². The summed E-state index contributed by atoms with van der Waals surface area (Å²) in [6.07, 6.45) is 6.10. The Morgan fingerprint density at radius 1 is 1.36 bits per heavy atom. The number of fused-ring (bicyclic) bond motifs is 2. The number of aliphatic hydroxyl groups is 1. The van der Waals surface area contributed by atoms with Gasteiger partial charge >= 0.3 is 5.97 Å². The van der Waals surface area contributed by atoms with Crippen LogP contribution < -0.4 is 15.4 Å². The summed E-state index contributed by atoms with van der Waals surface area (Å²) in [6, 6.07) is 0.923. The molecule has 1 aromatic carbocycles. The molecule has 3 aliphatic rings. The predicted octanol–water partition coefficient (Wildman–Crippen LogP) is 5.34. The lowest BCUT2D eigenvalue weighted by molar-refractivity contribution is -0.141. The zero-order chi connectivity index (χ0) is 28.9. The summed E-state index contributed by atoms with van der Waals surface area (Å²) in [7, 11) is 0. The Bertz CT molecular complexity index is 1200.